The Morgan fingerprint density at radius 3 is 2.50 bits per heavy atom. The topological polar surface area (TPSA) is 40.5 Å². The molecule has 0 spiro atoms. The van der Waals surface area contributed by atoms with E-state index < -0.39 is 6.29 Å². The monoisotopic (exact) mass is 154 g/mol. The molecule has 0 bridgehead atoms. The van der Waals surface area contributed by atoms with Crippen molar-refractivity contribution >= 4 is 22.5 Å². The third kappa shape index (κ3) is 6.62. The molecular weight excluding hydrogens is 144 g/mol. The Balaban J connectivity index is 2.72. The summed E-state index contributed by atoms with van der Waals surface area (Å²) in [5, 5.41) is 16.6. The Bertz CT molecular complexity index is 49.3. The fraction of sp³-hybridized carbons (Fsp3) is 1.00. The zero-order valence-electron chi connectivity index (χ0n) is 4.45. The number of aliphatic hydroxyl groups excluding tert-OH is 1. The summed E-state index contributed by atoms with van der Waals surface area (Å²) in [5.74, 6) is 0.876. The summed E-state index contributed by atoms with van der Waals surface area (Å²) in [5.41, 5.74) is 0. The highest BCUT2D eigenvalue weighted by atomic mass is 33.1. The van der Waals surface area contributed by atoms with Gasteiger partial charge in [0.25, 0.3) is 0 Å². The van der Waals surface area contributed by atoms with Gasteiger partial charge in [-0.25, -0.2) is 0 Å². The molecule has 0 saturated carbocycles. The molecule has 0 saturated heterocycles. The van der Waals surface area contributed by atoms with Crippen LogP contribution in [0.25, 0.3) is 0 Å². The highest BCUT2D eigenvalue weighted by Crippen LogP contribution is 2.08. The first kappa shape index (κ1) is 8.62. The van der Waals surface area contributed by atoms with Crippen molar-refractivity contribution in [2.75, 3.05) is 5.75 Å². The number of thiol groups is 1. The smallest absolute Gasteiger partial charge is 0.151 e. The Kier molecular flexibility index (Phi) is 6.20. The Labute approximate surface area is 58.1 Å². The van der Waals surface area contributed by atoms with E-state index >= 15 is 0 Å². The van der Waals surface area contributed by atoms with E-state index in [4.69, 9.17) is 10.2 Å². The molecule has 4 heteroatoms. The number of hydrogen-bond donors (Lipinski definition) is 3. The molecule has 0 aromatic carbocycles. The van der Waals surface area contributed by atoms with Crippen LogP contribution in [0.3, 0.4) is 0 Å². The summed E-state index contributed by atoms with van der Waals surface area (Å²) >= 11 is 3.88. The zero-order valence-corrected chi connectivity index (χ0v) is 6.16. The van der Waals surface area contributed by atoms with Crippen LogP contribution in [0.15, 0.2) is 0 Å². The van der Waals surface area contributed by atoms with Crippen molar-refractivity contribution in [3.8, 4) is 0 Å². The average Bonchev–Trinajstić information content (AvgIpc) is 1.66. The molecule has 0 aromatic rings. The third-order valence-electron chi connectivity index (χ3n) is 0.698. The first-order valence-electron chi connectivity index (χ1n) is 2.40. The summed E-state index contributed by atoms with van der Waals surface area (Å²) in [4.78, 5) is 0. The maximum absolute atomic E-state index is 8.30. The van der Waals surface area contributed by atoms with Crippen LogP contribution >= 0.6 is 22.5 Å². The third-order valence-corrected chi connectivity index (χ3v) is 1.72. The van der Waals surface area contributed by atoms with Gasteiger partial charge in [0.05, 0.1) is 0 Å². The van der Waals surface area contributed by atoms with Gasteiger partial charge >= 0.3 is 0 Å². The molecule has 0 unspecified atom stereocenters. The van der Waals surface area contributed by atoms with Crippen LogP contribution in [-0.4, -0.2) is 22.3 Å². The van der Waals surface area contributed by atoms with Crippen LogP contribution in [0, 0.1) is 0 Å². The lowest BCUT2D eigenvalue weighted by Gasteiger charge is -1.98. The quantitative estimate of drug-likeness (QED) is 0.241. The molecule has 0 aliphatic heterocycles. The van der Waals surface area contributed by atoms with Crippen LogP contribution in [0.1, 0.15) is 12.8 Å². The molecule has 0 radical (unpaired) electrons. The van der Waals surface area contributed by atoms with Crippen LogP contribution < -0.4 is 0 Å². The Morgan fingerprint density at radius 2 is 2.12 bits per heavy atom. The van der Waals surface area contributed by atoms with Gasteiger partial charge in [-0.2, -0.15) is 0 Å². The lowest BCUT2D eigenvalue weighted by molar-refractivity contribution is -0.0451. The first-order valence-corrected chi connectivity index (χ1v) is 4.43. The van der Waals surface area contributed by atoms with Gasteiger partial charge in [0, 0.05) is 5.75 Å². The molecule has 50 valence electrons. The van der Waals surface area contributed by atoms with Gasteiger partial charge in [-0.1, -0.05) is 10.8 Å². The van der Waals surface area contributed by atoms with E-state index in [9.17, 15) is 0 Å². The maximum Gasteiger partial charge on any atom is 0.151 e. The summed E-state index contributed by atoms with van der Waals surface area (Å²) < 4.78 is 0. The van der Waals surface area contributed by atoms with E-state index in [2.05, 4.69) is 11.7 Å². The zero-order chi connectivity index (χ0) is 6.41. The van der Waals surface area contributed by atoms with E-state index in [0.717, 1.165) is 12.2 Å². The van der Waals surface area contributed by atoms with Gasteiger partial charge in [-0.15, -0.1) is 11.7 Å². The van der Waals surface area contributed by atoms with E-state index in [1.165, 1.54) is 10.8 Å². The first-order chi connectivity index (χ1) is 3.77. The number of aliphatic hydroxyl groups is 2. The minimum Gasteiger partial charge on any atom is -0.368 e. The Hall–Kier alpha value is 0.620. The van der Waals surface area contributed by atoms with Gasteiger partial charge in [0.15, 0.2) is 6.29 Å². The molecule has 0 fully saturated rings. The lowest BCUT2D eigenvalue weighted by atomic mass is 10.3. The number of hydrogen-bond acceptors (Lipinski definition) is 4. The summed E-state index contributed by atoms with van der Waals surface area (Å²) in [6.07, 6.45) is 0.120. The number of rotatable bonds is 4. The van der Waals surface area contributed by atoms with E-state index in [-0.39, 0.29) is 0 Å². The second kappa shape index (κ2) is 5.75. The molecule has 0 aliphatic rings. The van der Waals surface area contributed by atoms with Crippen molar-refractivity contribution in [1.29, 1.82) is 0 Å². The molecular formula is C4H10O2S2. The second-order valence-corrected chi connectivity index (χ2v) is 2.90. The van der Waals surface area contributed by atoms with Crippen molar-refractivity contribution < 1.29 is 10.2 Å². The van der Waals surface area contributed by atoms with Crippen LogP contribution in [0.2, 0.25) is 0 Å². The molecule has 0 rings (SSSR count). The molecule has 2 nitrogen and oxygen atoms in total. The molecule has 0 aromatic heterocycles. The minimum atomic E-state index is -1.14. The van der Waals surface area contributed by atoms with Crippen LogP contribution in [0.4, 0.5) is 0 Å². The van der Waals surface area contributed by atoms with Gasteiger partial charge < -0.3 is 10.2 Å². The molecule has 8 heavy (non-hydrogen) atoms. The van der Waals surface area contributed by atoms with E-state index in [1.54, 1.807) is 0 Å². The van der Waals surface area contributed by atoms with Gasteiger partial charge in [-0.3, -0.25) is 0 Å². The largest absolute Gasteiger partial charge is 0.368 e. The van der Waals surface area contributed by atoms with Gasteiger partial charge in [0.1, 0.15) is 0 Å². The molecule has 0 heterocycles. The molecule has 0 atom stereocenters. The highest BCUT2D eigenvalue weighted by Gasteiger charge is 1.94. The predicted molar refractivity (Wildman–Crippen MR) is 38.9 cm³/mol. The van der Waals surface area contributed by atoms with E-state index in [0.29, 0.717) is 6.42 Å². The Morgan fingerprint density at radius 1 is 1.50 bits per heavy atom. The average molecular weight is 154 g/mol. The maximum atomic E-state index is 8.30. The SMILES string of the molecule is OC(O)CCCSS. The second-order valence-electron chi connectivity index (χ2n) is 1.46. The van der Waals surface area contributed by atoms with Crippen molar-refractivity contribution in [3.63, 3.8) is 0 Å². The van der Waals surface area contributed by atoms with E-state index in [1.807, 2.05) is 0 Å². The van der Waals surface area contributed by atoms with Crippen molar-refractivity contribution in [1.82, 2.24) is 0 Å². The fourth-order valence-electron chi connectivity index (χ4n) is 0.330. The predicted octanol–water partition coefficient (Wildman–Crippen LogP) is 0.655. The molecule has 0 amide bonds. The van der Waals surface area contributed by atoms with Crippen molar-refractivity contribution in [2.24, 2.45) is 0 Å². The van der Waals surface area contributed by atoms with Gasteiger partial charge in [0.2, 0.25) is 0 Å². The van der Waals surface area contributed by atoms with Crippen molar-refractivity contribution in [3.05, 3.63) is 0 Å². The normalized spacial score (nSPS) is 10.5. The lowest BCUT2D eigenvalue weighted by Crippen LogP contribution is -2.03. The summed E-state index contributed by atoms with van der Waals surface area (Å²) in [7, 11) is 1.42. The molecule has 2 N–H and O–H groups in total. The summed E-state index contributed by atoms with van der Waals surface area (Å²) in [6, 6.07) is 0. The summed E-state index contributed by atoms with van der Waals surface area (Å²) in [6.45, 7) is 0. The molecule has 0 aliphatic carbocycles. The minimum absolute atomic E-state index is 0.452. The fourth-order valence-corrected chi connectivity index (χ4v) is 1.01. The van der Waals surface area contributed by atoms with Crippen molar-refractivity contribution in [2.45, 2.75) is 19.1 Å². The van der Waals surface area contributed by atoms with Crippen LogP contribution in [-0.2, 0) is 0 Å². The van der Waals surface area contributed by atoms with Gasteiger partial charge in [-0.05, 0) is 12.8 Å². The van der Waals surface area contributed by atoms with Crippen LogP contribution in [0.5, 0.6) is 0 Å². The highest BCUT2D eigenvalue weighted by molar-refractivity contribution is 8.68. The standard InChI is InChI=1S/C4H10O2S2/c5-4(6)2-1-3-8-7/h4-7H,1-3H2.